The molecule has 2 aromatic carbocycles. The summed E-state index contributed by atoms with van der Waals surface area (Å²) in [6.07, 6.45) is -0.398. The van der Waals surface area contributed by atoms with E-state index in [1.807, 2.05) is 50.2 Å². The third-order valence-electron chi connectivity index (χ3n) is 4.34. The van der Waals surface area contributed by atoms with Gasteiger partial charge in [-0.2, -0.15) is 0 Å². The summed E-state index contributed by atoms with van der Waals surface area (Å²) < 4.78 is 5.31. The molecular weight excluding hydrogens is 330 g/mol. The molecule has 1 aliphatic rings. The minimum absolute atomic E-state index is 0.0342. The second kappa shape index (κ2) is 9.04. The molecule has 0 aromatic heterocycles. The quantitative estimate of drug-likeness (QED) is 0.833. The van der Waals surface area contributed by atoms with Gasteiger partial charge in [0.25, 0.3) is 0 Å². The summed E-state index contributed by atoms with van der Waals surface area (Å²) in [5, 5.41) is 11.4. The molecule has 5 nitrogen and oxygen atoms in total. The van der Waals surface area contributed by atoms with E-state index in [1.165, 1.54) is 0 Å². The molecule has 5 heteroatoms. The number of ether oxygens (including phenoxy) is 1. The van der Waals surface area contributed by atoms with Crippen LogP contribution in [0.2, 0.25) is 0 Å². The molecule has 26 heavy (non-hydrogen) atoms. The number of rotatable bonds is 5. The van der Waals surface area contributed by atoms with E-state index in [-0.39, 0.29) is 12.5 Å². The van der Waals surface area contributed by atoms with Crippen LogP contribution in [0.1, 0.15) is 44.2 Å². The first-order valence-corrected chi connectivity index (χ1v) is 8.96. The van der Waals surface area contributed by atoms with Crippen molar-refractivity contribution in [2.45, 2.75) is 39.2 Å². The van der Waals surface area contributed by atoms with Crippen molar-refractivity contribution in [1.29, 1.82) is 0 Å². The third-order valence-corrected chi connectivity index (χ3v) is 4.34. The summed E-state index contributed by atoms with van der Waals surface area (Å²) >= 11 is 0. The minimum atomic E-state index is -1.06. The normalized spacial score (nSPS) is 12.9. The zero-order valence-corrected chi connectivity index (χ0v) is 15.4. The largest absolute Gasteiger partial charge is 0.480 e. The van der Waals surface area contributed by atoms with Crippen LogP contribution in [-0.2, 0) is 9.53 Å². The molecule has 0 saturated heterocycles. The van der Waals surface area contributed by atoms with E-state index < -0.39 is 18.1 Å². The van der Waals surface area contributed by atoms with Gasteiger partial charge in [0, 0.05) is 5.92 Å². The van der Waals surface area contributed by atoms with E-state index in [0.29, 0.717) is 6.42 Å². The molecule has 0 unspecified atom stereocenters. The molecule has 0 spiro atoms. The van der Waals surface area contributed by atoms with Gasteiger partial charge in [0.15, 0.2) is 0 Å². The van der Waals surface area contributed by atoms with Crippen LogP contribution in [0.25, 0.3) is 11.1 Å². The molecule has 1 aliphatic carbocycles. The van der Waals surface area contributed by atoms with Gasteiger partial charge in [-0.1, -0.05) is 69.3 Å². The second-order valence-electron chi connectivity index (χ2n) is 5.77. The number of fused-ring (bicyclic) bond motifs is 3. The van der Waals surface area contributed by atoms with Crippen molar-refractivity contribution in [3.05, 3.63) is 59.7 Å². The Balaban J connectivity index is 0.00000117. The maximum Gasteiger partial charge on any atom is 0.407 e. The fraction of sp³-hybridized carbons (Fsp3) is 0.333. The molecule has 0 bridgehead atoms. The lowest BCUT2D eigenvalue weighted by Gasteiger charge is -2.16. The molecule has 0 saturated carbocycles. The van der Waals surface area contributed by atoms with E-state index in [9.17, 15) is 9.59 Å². The van der Waals surface area contributed by atoms with Crippen LogP contribution in [0.15, 0.2) is 48.5 Å². The highest BCUT2D eigenvalue weighted by atomic mass is 16.5. The van der Waals surface area contributed by atoms with Gasteiger partial charge in [-0.15, -0.1) is 0 Å². The molecule has 0 aliphatic heterocycles. The Morgan fingerprint density at radius 1 is 1.04 bits per heavy atom. The molecule has 0 radical (unpaired) electrons. The number of carboxylic acids is 1. The molecule has 3 rings (SSSR count). The van der Waals surface area contributed by atoms with Gasteiger partial charge in [-0.25, -0.2) is 9.59 Å². The Kier molecular flexibility index (Phi) is 6.78. The summed E-state index contributed by atoms with van der Waals surface area (Å²) in [6.45, 7) is 5.87. The summed E-state index contributed by atoms with van der Waals surface area (Å²) in [4.78, 5) is 22.9. The smallest absolute Gasteiger partial charge is 0.407 e. The van der Waals surface area contributed by atoms with Gasteiger partial charge >= 0.3 is 12.1 Å². The molecule has 2 N–H and O–H groups in total. The van der Waals surface area contributed by atoms with Crippen molar-refractivity contribution < 1.29 is 19.4 Å². The van der Waals surface area contributed by atoms with Crippen LogP contribution in [0.5, 0.6) is 0 Å². The number of hydrogen-bond acceptors (Lipinski definition) is 3. The van der Waals surface area contributed by atoms with E-state index in [0.717, 1.165) is 22.3 Å². The SMILES string of the molecule is CC.CC[C@@H](NC(=O)OCC1c2ccccc2-c2ccccc21)C(=O)O. The topological polar surface area (TPSA) is 75.6 Å². The number of benzene rings is 2. The van der Waals surface area contributed by atoms with Crippen molar-refractivity contribution >= 4 is 12.1 Å². The summed E-state index contributed by atoms with van der Waals surface area (Å²) in [6, 6.07) is 15.2. The van der Waals surface area contributed by atoms with Crippen molar-refractivity contribution in [2.75, 3.05) is 6.61 Å². The Morgan fingerprint density at radius 3 is 2.00 bits per heavy atom. The fourth-order valence-corrected chi connectivity index (χ4v) is 3.12. The van der Waals surface area contributed by atoms with Gasteiger partial charge in [-0.3, -0.25) is 0 Å². The molecule has 0 fully saturated rings. The fourth-order valence-electron chi connectivity index (χ4n) is 3.12. The Morgan fingerprint density at radius 2 is 1.54 bits per heavy atom. The number of carboxylic acid groups (broad SMARTS) is 1. The number of nitrogens with one attached hydrogen (secondary N) is 1. The summed E-state index contributed by atoms with van der Waals surface area (Å²) in [7, 11) is 0. The predicted octanol–water partition coefficient (Wildman–Crippen LogP) is 4.41. The van der Waals surface area contributed by atoms with E-state index >= 15 is 0 Å². The third kappa shape index (κ3) is 4.04. The Hall–Kier alpha value is -2.82. The predicted molar refractivity (Wildman–Crippen MR) is 101 cm³/mol. The van der Waals surface area contributed by atoms with Crippen LogP contribution in [0.3, 0.4) is 0 Å². The number of aliphatic carboxylic acids is 1. The Bertz CT molecular complexity index is 727. The zero-order valence-electron chi connectivity index (χ0n) is 15.4. The monoisotopic (exact) mass is 355 g/mol. The van der Waals surface area contributed by atoms with Crippen LogP contribution in [0, 0.1) is 0 Å². The van der Waals surface area contributed by atoms with E-state index in [4.69, 9.17) is 9.84 Å². The average Bonchev–Trinajstić information content (AvgIpc) is 3.00. The van der Waals surface area contributed by atoms with Gasteiger partial charge < -0.3 is 15.2 Å². The van der Waals surface area contributed by atoms with Gasteiger partial charge in [0.2, 0.25) is 0 Å². The first kappa shape index (κ1) is 19.5. The average molecular weight is 355 g/mol. The van der Waals surface area contributed by atoms with Crippen molar-refractivity contribution in [3.8, 4) is 11.1 Å². The number of hydrogen-bond donors (Lipinski definition) is 2. The summed E-state index contributed by atoms with van der Waals surface area (Å²) in [5.41, 5.74) is 4.55. The van der Waals surface area contributed by atoms with Crippen LogP contribution in [-0.4, -0.2) is 29.8 Å². The highest BCUT2D eigenvalue weighted by Gasteiger charge is 2.29. The highest BCUT2D eigenvalue weighted by Crippen LogP contribution is 2.44. The number of amides is 1. The Labute approximate surface area is 154 Å². The zero-order chi connectivity index (χ0) is 19.1. The van der Waals surface area contributed by atoms with E-state index in [2.05, 4.69) is 17.4 Å². The minimum Gasteiger partial charge on any atom is -0.480 e. The lowest BCUT2D eigenvalue weighted by molar-refractivity contribution is -0.139. The maximum atomic E-state index is 11.9. The van der Waals surface area contributed by atoms with Gasteiger partial charge in [0.1, 0.15) is 12.6 Å². The van der Waals surface area contributed by atoms with Crippen molar-refractivity contribution in [1.82, 2.24) is 5.32 Å². The number of carbonyl (C=O) groups is 2. The van der Waals surface area contributed by atoms with Gasteiger partial charge in [0.05, 0.1) is 0 Å². The molecule has 1 atom stereocenters. The first-order chi connectivity index (χ1) is 12.6. The van der Waals surface area contributed by atoms with Gasteiger partial charge in [-0.05, 0) is 28.7 Å². The molecule has 1 amide bonds. The van der Waals surface area contributed by atoms with Crippen molar-refractivity contribution in [2.24, 2.45) is 0 Å². The second-order valence-corrected chi connectivity index (χ2v) is 5.77. The van der Waals surface area contributed by atoms with Crippen LogP contribution in [0.4, 0.5) is 4.79 Å². The lowest BCUT2D eigenvalue weighted by atomic mass is 9.98. The summed E-state index contributed by atoms with van der Waals surface area (Å²) in [5.74, 6) is -1.10. The molecular formula is C21H25NO4. The molecule has 0 heterocycles. The maximum absolute atomic E-state index is 11.9. The number of carbonyl (C=O) groups excluding carboxylic acids is 1. The van der Waals surface area contributed by atoms with Crippen LogP contribution < -0.4 is 5.32 Å². The van der Waals surface area contributed by atoms with Crippen LogP contribution >= 0.6 is 0 Å². The van der Waals surface area contributed by atoms with Crippen molar-refractivity contribution in [3.63, 3.8) is 0 Å². The lowest BCUT2D eigenvalue weighted by Crippen LogP contribution is -2.40. The molecule has 138 valence electrons. The standard InChI is InChI=1S/C19H19NO4.C2H6/c1-2-17(18(21)22)20-19(23)24-11-16-14-9-5-3-7-12(14)13-8-4-6-10-15(13)16;1-2/h3-10,16-17H,2,11H2,1H3,(H,20,23)(H,21,22);1-2H3/t17-;/m1./s1. The molecule has 2 aromatic rings. The van der Waals surface area contributed by atoms with E-state index in [1.54, 1.807) is 6.92 Å². The number of alkyl carbamates (subject to hydrolysis) is 1. The highest BCUT2D eigenvalue weighted by molar-refractivity contribution is 5.81. The first-order valence-electron chi connectivity index (χ1n) is 8.96.